The second-order valence-electron chi connectivity index (χ2n) is 4.62. The summed E-state index contributed by atoms with van der Waals surface area (Å²) >= 11 is 1.11. The molecular formula is C14H8N4O5S. The summed E-state index contributed by atoms with van der Waals surface area (Å²) in [6.07, 6.45) is 1.17. The lowest BCUT2D eigenvalue weighted by Crippen LogP contribution is -2.12. The molecule has 3 rings (SSSR count). The summed E-state index contributed by atoms with van der Waals surface area (Å²) in [4.78, 5) is 40.8. The van der Waals surface area contributed by atoms with Gasteiger partial charge >= 0.3 is 11.8 Å². The molecule has 0 saturated carbocycles. The number of nitrogens with one attached hydrogen (secondary N) is 1. The Balaban J connectivity index is 1.86. The molecule has 0 saturated heterocycles. The lowest BCUT2D eigenvalue weighted by atomic mass is 10.2. The standard InChI is InChI=1S/C14H8N4O5S/c19-12(7-3-4-15-11(6-7)18(22)23)17-14-16-9-2-1-8(13(20)21)5-10(9)24-14/h1-6H,(H,20,21)(H,16,17,19). The van der Waals surface area contributed by atoms with Crippen LogP contribution in [-0.2, 0) is 0 Å². The van der Waals surface area contributed by atoms with Gasteiger partial charge in [0.05, 0.1) is 21.3 Å². The number of nitrogens with zero attached hydrogens (tertiary/aromatic N) is 3. The largest absolute Gasteiger partial charge is 0.478 e. The number of hydrogen-bond donors (Lipinski definition) is 2. The van der Waals surface area contributed by atoms with Crippen LogP contribution in [0.15, 0.2) is 36.5 Å². The van der Waals surface area contributed by atoms with Crippen LogP contribution in [0.1, 0.15) is 20.7 Å². The van der Waals surface area contributed by atoms with Crippen molar-refractivity contribution in [2.45, 2.75) is 0 Å². The number of carbonyl (C=O) groups excluding carboxylic acids is 1. The summed E-state index contributed by atoms with van der Waals surface area (Å²) in [7, 11) is 0. The Hall–Kier alpha value is -3.40. The van der Waals surface area contributed by atoms with E-state index in [1.807, 2.05) is 0 Å². The molecule has 0 aliphatic heterocycles. The third kappa shape index (κ3) is 3.03. The molecule has 24 heavy (non-hydrogen) atoms. The number of aromatic nitrogens is 2. The van der Waals surface area contributed by atoms with E-state index in [0.717, 1.165) is 17.4 Å². The molecular weight excluding hydrogens is 336 g/mol. The van der Waals surface area contributed by atoms with Crippen molar-refractivity contribution in [3.8, 4) is 0 Å². The molecule has 120 valence electrons. The van der Waals surface area contributed by atoms with Crippen molar-refractivity contribution in [3.63, 3.8) is 0 Å². The zero-order valence-electron chi connectivity index (χ0n) is 11.8. The van der Waals surface area contributed by atoms with E-state index in [2.05, 4.69) is 15.3 Å². The van der Waals surface area contributed by atoms with Crippen molar-refractivity contribution in [1.82, 2.24) is 9.97 Å². The minimum atomic E-state index is -1.06. The van der Waals surface area contributed by atoms with Crippen molar-refractivity contribution < 1.29 is 19.6 Å². The van der Waals surface area contributed by atoms with Gasteiger partial charge in [-0.15, -0.1) is 0 Å². The topological polar surface area (TPSA) is 135 Å². The number of carboxylic acid groups (broad SMARTS) is 1. The summed E-state index contributed by atoms with van der Waals surface area (Å²) in [5, 5.41) is 22.5. The first kappa shape index (κ1) is 15.5. The number of fused-ring (bicyclic) bond motifs is 1. The number of thiazole rings is 1. The van der Waals surface area contributed by atoms with E-state index >= 15 is 0 Å². The van der Waals surface area contributed by atoms with E-state index < -0.39 is 22.6 Å². The molecule has 10 heteroatoms. The van der Waals surface area contributed by atoms with Crippen LogP contribution >= 0.6 is 11.3 Å². The van der Waals surface area contributed by atoms with Gasteiger partial charge in [-0.2, -0.15) is 0 Å². The van der Waals surface area contributed by atoms with Crippen LogP contribution in [0.3, 0.4) is 0 Å². The SMILES string of the molecule is O=C(O)c1ccc2nc(NC(=O)c3ccnc([N+](=O)[O-])c3)sc2c1. The summed E-state index contributed by atoms with van der Waals surface area (Å²) in [6, 6.07) is 6.83. The number of carbonyl (C=O) groups is 2. The number of nitro groups is 1. The van der Waals surface area contributed by atoms with Gasteiger partial charge in [0, 0.05) is 6.07 Å². The molecule has 0 unspecified atom stereocenters. The quantitative estimate of drug-likeness (QED) is 0.548. The molecule has 0 spiro atoms. The molecule has 1 aromatic carbocycles. The van der Waals surface area contributed by atoms with Gasteiger partial charge in [0.2, 0.25) is 0 Å². The van der Waals surface area contributed by atoms with E-state index in [-0.39, 0.29) is 16.3 Å². The van der Waals surface area contributed by atoms with Gasteiger partial charge in [0.15, 0.2) is 5.13 Å². The Bertz CT molecular complexity index is 984. The molecule has 0 bridgehead atoms. The number of anilines is 1. The Morgan fingerprint density at radius 2 is 2.00 bits per heavy atom. The normalized spacial score (nSPS) is 10.5. The van der Waals surface area contributed by atoms with E-state index in [1.54, 1.807) is 6.07 Å². The van der Waals surface area contributed by atoms with E-state index in [1.165, 1.54) is 24.4 Å². The van der Waals surface area contributed by atoms with E-state index in [0.29, 0.717) is 10.2 Å². The number of carboxylic acids is 1. The summed E-state index contributed by atoms with van der Waals surface area (Å²) in [5.41, 5.74) is 0.733. The maximum Gasteiger partial charge on any atom is 0.364 e. The zero-order chi connectivity index (χ0) is 17.3. The van der Waals surface area contributed by atoms with E-state index in [9.17, 15) is 19.7 Å². The molecule has 1 amide bonds. The lowest BCUT2D eigenvalue weighted by Gasteiger charge is -2.00. The van der Waals surface area contributed by atoms with Crippen molar-refractivity contribution in [2.24, 2.45) is 0 Å². The van der Waals surface area contributed by atoms with Crippen LogP contribution in [0.5, 0.6) is 0 Å². The van der Waals surface area contributed by atoms with Gasteiger partial charge in [-0.25, -0.2) is 9.78 Å². The third-order valence-corrected chi connectivity index (χ3v) is 3.98. The number of pyridine rings is 1. The Morgan fingerprint density at radius 3 is 2.71 bits per heavy atom. The van der Waals surface area contributed by atoms with Gasteiger partial charge in [-0.05, 0) is 34.2 Å². The Morgan fingerprint density at radius 1 is 1.21 bits per heavy atom. The Kier molecular flexibility index (Phi) is 3.88. The highest BCUT2D eigenvalue weighted by Gasteiger charge is 2.15. The minimum Gasteiger partial charge on any atom is -0.478 e. The first-order valence-electron chi connectivity index (χ1n) is 6.50. The van der Waals surface area contributed by atoms with Gasteiger partial charge in [0.25, 0.3) is 5.91 Å². The summed E-state index contributed by atoms with van der Waals surface area (Å²) < 4.78 is 0.603. The molecule has 2 aromatic heterocycles. The molecule has 0 aliphatic carbocycles. The molecule has 0 atom stereocenters. The molecule has 0 aliphatic rings. The number of amides is 1. The Labute approximate surface area is 137 Å². The smallest absolute Gasteiger partial charge is 0.364 e. The van der Waals surface area contributed by atoms with Crippen molar-refractivity contribution in [3.05, 3.63) is 57.8 Å². The monoisotopic (exact) mass is 344 g/mol. The predicted molar refractivity (Wildman–Crippen MR) is 85.4 cm³/mol. The molecule has 0 fully saturated rings. The third-order valence-electron chi connectivity index (χ3n) is 3.05. The number of hydrogen-bond acceptors (Lipinski definition) is 7. The molecule has 0 radical (unpaired) electrons. The van der Waals surface area contributed by atoms with Crippen LogP contribution in [0.25, 0.3) is 10.2 Å². The number of aromatic carboxylic acids is 1. The van der Waals surface area contributed by atoms with Crippen LogP contribution in [0, 0.1) is 10.1 Å². The highest BCUT2D eigenvalue weighted by molar-refractivity contribution is 7.22. The highest BCUT2D eigenvalue weighted by atomic mass is 32.1. The molecule has 2 N–H and O–H groups in total. The number of benzene rings is 1. The molecule has 9 nitrogen and oxygen atoms in total. The maximum absolute atomic E-state index is 12.2. The van der Waals surface area contributed by atoms with Crippen LogP contribution in [0.2, 0.25) is 0 Å². The van der Waals surface area contributed by atoms with Crippen molar-refractivity contribution in [1.29, 1.82) is 0 Å². The van der Waals surface area contributed by atoms with Gasteiger partial charge in [0.1, 0.15) is 6.20 Å². The average Bonchev–Trinajstić information content (AvgIpc) is 2.96. The molecule has 3 aromatic rings. The number of rotatable bonds is 4. The zero-order valence-corrected chi connectivity index (χ0v) is 12.6. The fourth-order valence-corrected chi connectivity index (χ4v) is 2.84. The highest BCUT2D eigenvalue weighted by Crippen LogP contribution is 2.27. The van der Waals surface area contributed by atoms with Crippen molar-refractivity contribution >= 4 is 44.4 Å². The summed E-state index contributed by atoms with van der Waals surface area (Å²) in [5.74, 6) is -2.06. The second-order valence-corrected chi connectivity index (χ2v) is 5.65. The van der Waals surface area contributed by atoms with E-state index in [4.69, 9.17) is 5.11 Å². The first-order valence-corrected chi connectivity index (χ1v) is 7.31. The lowest BCUT2D eigenvalue weighted by molar-refractivity contribution is -0.389. The van der Waals surface area contributed by atoms with Gasteiger partial charge in [-0.1, -0.05) is 11.3 Å². The van der Waals surface area contributed by atoms with Crippen LogP contribution in [-0.4, -0.2) is 31.9 Å². The average molecular weight is 344 g/mol. The first-order chi connectivity index (χ1) is 11.4. The van der Waals surface area contributed by atoms with Gasteiger partial charge in [-0.3, -0.25) is 10.1 Å². The predicted octanol–water partition coefficient (Wildman–Crippen LogP) is 2.55. The second kappa shape index (κ2) is 6.01. The fraction of sp³-hybridized carbons (Fsp3) is 0. The van der Waals surface area contributed by atoms with Gasteiger partial charge < -0.3 is 15.2 Å². The molecule has 2 heterocycles. The minimum absolute atomic E-state index is 0.0715. The van der Waals surface area contributed by atoms with Crippen molar-refractivity contribution in [2.75, 3.05) is 5.32 Å². The summed E-state index contributed by atoms with van der Waals surface area (Å²) in [6.45, 7) is 0. The fourth-order valence-electron chi connectivity index (χ4n) is 1.94. The van der Waals surface area contributed by atoms with Crippen LogP contribution in [0.4, 0.5) is 10.9 Å². The maximum atomic E-state index is 12.2. The van der Waals surface area contributed by atoms with Crippen LogP contribution < -0.4 is 5.32 Å².